The summed E-state index contributed by atoms with van der Waals surface area (Å²) in [7, 11) is 0. The lowest BCUT2D eigenvalue weighted by Gasteiger charge is -2.33. The third-order valence-corrected chi connectivity index (χ3v) is 4.77. The van der Waals surface area contributed by atoms with Gasteiger partial charge in [0.2, 0.25) is 0 Å². The quantitative estimate of drug-likeness (QED) is 0.676. The monoisotopic (exact) mass is 334 g/mol. The van der Waals surface area contributed by atoms with Crippen molar-refractivity contribution in [1.29, 1.82) is 0 Å². The maximum absolute atomic E-state index is 11.9. The van der Waals surface area contributed by atoms with Crippen LogP contribution in [-0.4, -0.2) is 35.7 Å². The fourth-order valence-corrected chi connectivity index (χ4v) is 3.18. The Labute approximate surface area is 144 Å². The number of esters is 1. The third-order valence-electron chi connectivity index (χ3n) is 4.41. The van der Waals surface area contributed by atoms with E-state index in [4.69, 9.17) is 17.0 Å². The van der Waals surface area contributed by atoms with Gasteiger partial charge in [0, 0.05) is 18.8 Å². The Kier molecular flexibility index (Phi) is 5.99. The van der Waals surface area contributed by atoms with E-state index >= 15 is 0 Å². The zero-order valence-corrected chi connectivity index (χ0v) is 15.3. The zero-order valence-electron chi connectivity index (χ0n) is 14.4. The van der Waals surface area contributed by atoms with Crippen LogP contribution in [-0.2, 0) is 9.53 Å². The number of anilines is 1. The Bertz CT molecular complexity index is 601. The van der Waals surface area contributed by atoms with E-state index in [1.807, 2.05) is 6.92 Å². The largest absolute Gasteiger partial charge is 0.466 e. The Hall–Kier alpha value is -1.62. The molecule has 1 aliphatic heterocycles. The minimum Gasteiger partial charge on any atom is -0.466 e. The predicted molar refractivity (Wildman–Crippen MR) is 97.8 cm³/mol. The van der Waals surface area contributed by atoms with Gasteiger partial charge in [0.05, 0.1) is 12.5 Å². The lowest BCUT2D eigenvalue weighted by atomic mass is 9.98. The molecule has 23 heavy (non-hydrogen) atoms. The number of nitrogens with one attached hydrogen (secondary N) is 1. The Morgan fingerprint density at radius 3 is 2.70 bits per heavy atom. The lowest BCUT2D eigenvalue weighted by molar-refractivity contribution is -0.149. The van der Waals surface area contributed by atoms with Crippen LogP contribution in [0.5, 0.6) is 0 Å². The molecule has 0 radical (unpaired) electrons. The first-order chi connectivity index (χ1) is 10.9. The van der Waals surface area contributed by atoms with Gasteiger partial charge < -0.3 is 15.0 Å². The molecular formula is C18H26N2O2S. The molecule has 1 aliphatic rings. The summed E-state index contributed by atoms with van der Waals surface area (Å²) in [4.78, 5) is 14.0. The van der Waals surface area contributed by atoms with Crippen molar-refractivity contribution in [3.05, 3.63) is 28.8 Å². The van der Waals surface area contributed by atoms with Crippen LogP contribution in [0, 0.1) is 26.7 Å². The molecule has 1 atom stereocenters. The molecule has 1 aromatic carbocycles. The molecule has 0 bridgehead atoms. The van der Waals surface area contributed by atoms with Crippen molar-refractivity contribution < 1.29 is 9.53 Å². The van der Waals surface area contributed by atoms with Crippen LogP contribution in [0.2, 0.25) is 0 Å². The van der Waals surface area contributed by atoms with Crippen LogP contribution in [0.3, 0.4) is 0 Å². The molecule has 0 aliphatic carbocycles. The van der Waals surface area contributed by atoms with E-state index in [1.54, 1.807) is 0 Å². The molecule has 0 spiro atoms. The number of likely N-dealkylation sites (tertiary alicyclic amines) is 1. The average Bonchev–Trinajstić information content (AvgIpc) is 2.53. The molecule has 1 saturated heterocycles. The maximum atomic E-state index is 11.9. The van der Waals surface area contributed by atoms with Crippen molar-refractivity contribution in [1.82, 2.24) is 4.90 Å². The highest BCUT2D eigenvalue weighted by Gasteiger charge is 2.28. The summed E-state index contributed by atoms with van der Waals surface area (Å²) in [6.45, 7) is 10.1. The van der Waals surface area contributed by atoms with Crippen molar-refractivity contribution in [2.24, 2.45) is 5.92 Å². The molecule has 1 fully saturated rings. The first kappa shape index (κ1) is 17.7. The number of carbonyl (C=O) groups is 1. The number of hydrogen-bond donors (Lipinski definition) is 1. The summed E-state index contributed by atoms with van der Waals surface area (Å²) in [5, 5.41) is 4.03. The second-order valence-corrected chi connectivity index (χ2v) is 6.61. The Morgan fingerprint density at radius 2 is 2.00 bits per heavy atom. The molecular weight excluding hydrogens is 308 g/mol. The molecule has 1 heterocycles. The number of hydrogen-bond acceptors (Lipinski definition) is 3. The zero-order chi connectivity index (χ0) is 17.0. The maximum Gasteiger partial charge on any atom is 0.310 e. The molecule has 1 unspecified atom stereocenters. The van der Waals surface area contributed by atoms with E-state index in [2.05, 4.69) is 43.1 Å². The van der Waals surface area contributed by atoms with Crippen molar-refractivity contribution in [2.75, 3.05) is 25.0 Å². The van der Waals surface area contributed by atoms with E-state index in [0.717, 1.165) is 25.1 Å². The third kappa shape index (κ3) is 4.44. The van der Waals surface area contributed by atoms with Gasteiger partial charge in [0.15, 0.2) is 5.11 Å². The van der Waals surface area contributed by atoms with E-state index in [9.17, 15) is 4.79 Å². The van der Waals surface area contributed by atoms with Crippen LogP contribution in [0.4, 0.5) is 5.69 Å². The lowest BCUT2D eigenvalue weighted by Crippen LogP contribution is -2.44. The van der Waals surface area contributed by atoms with Gasteiger partial charge in [0.25, 0.3) is 0 Å². The average molecular weight is 334 g/mol. The summed E-state index contributed by atoms with van der Waals surface area (Å²) in [6.07, 6.45) is 1.83. The molecule has 0 saturated carbocycles. The van der Waals surface area contributed by atoms with Gasteiger partial charge in [-0.25, -0.2) is 0 Å². The minimum atomic E-state index is -0.109. The molecule has 0 aromatic heterocycles. The summed E-state index contributed by atoms with van der Waals surface area (Å²) in [5.74, 6) is -0.188. The number of aryl methyl sites for hydroxylation is 3. The van der Waals surface area contributed by atoms with E-state index < -0.39 is 0 Å². The van der Waals surface area contributed by atoms with Gasteiger partial charge in [-0.15, -0.1) is 0 Å². The van der Waals surface area contributed by atoms with Gasteiger partial charge in [-0.2, -0.15) is 0 Å². The van der Waals surface area contributed by atoms with Gasteiger partial charge in [-0.3, -0.25) is 4.79 Å². The highest BCUT2D eigenvalue weighted by atomic mass is 32.1. The first-order valence-corrected chi connectivity index (χ1v) is 8.63. The first-order valence-electron chi connectivity index (χ1n) is 8.22. The van der Waals surface area contributed by atoms with Crippen LogP contribution >= 0.6 is 12.2 Å². The van der Waals surface area contributed by atoms with Gasteiger partial charge >= 0.3 is 5.97 Å². The molecule has 126 valence electrons. The number of thiocarbonyl (C=S) groups is 1. The SMILES string of the molecule is CCOC(=O)C1CCCN(C(=S)Nc2cc(C)c(C)cc2C)C1. The highest BCUT2D eigenvalue weighted by molar-refractivity contribution is 7.80. The number of piperidine rings is 1. The van der Waals surface area contributed by atoms with Crippen LogP contribution in [0.1, 0.15) is 36.5 Å². The molecule has 4 nitrogen and oxygen atoms in total. The Balaban J connectivity index is 2.03. The number of rotatable bonds is 3. The Morgan fingerprint density at radius 1 is 1.30 bits per heavy atom. The summed E-state index contributed by atoms with van der Waals surface area (Å²) in [6, 6.07) is 4.29. The summed E-state index contributed by atoms with van der Waals surface area (Å²) in [5.41, 5.74) is 4.73. The van der Waals surface area contributed by atoms with Crippen molar-refractivity contribution in [2.45, 2.75) is 40.5 Å². The normalized spacial score (nSPS) is 17.7. The second kappa shape index (κ2) is 7.77. The van der Waals surface area contributed by atoms with Gasteiger partial charge in [-0.05, 0) is 75.5 Å². The fourth-order valence-electron chi connectivity index (χ4n) is 2.90. The van der Waals surface area contributed by atoms with Crippen LogP contribution in [0.25, 0.3) is 0 Å². The summed E-state index contributed by atoms with van der Waals surface area (Å²) >= 11 is 5.56. The molecule has 1 N–H and O–H groups in total. The van der Waals surface area contributed by atoms with E-state index in [-0.39, 0.29) is 11.9 Å². The van der Waals surface area contributed by atoms with Crippen LogP contribution < -0.4 is 5.32 Å². The van der Waals surface area contributed by atoms with Crippen molar-refractivity contribution >= 4 is 29.0 Å². The van der Waals surface area contributed by atoms with E-state index in [0.29, 0.717) is 18.3 Å². The standard InChI is InChI=1S/C18H26N2O2S/c1-5-22-17(21)15-7-6-8-20(11-15)18(23)19-16-10-13(3)12(2)9-14(16)4/h9-10,15H,5-8,11H2,1-4H3,(H,19,23). The van der Waals surface area contributed by atoms with Crippen LogP contribution in [0.15, 0.2) is 12.1 Å². The van der Waals surface area contributed by atoms with Crippen molar-refractivity contribution in [3.63, 3.8) is 0 Å². The van der Waals surface area contributed by atoms with E-state index in [1.165, 1.54) is 16.7 Å². The molecule has 0 amide bonds. The fraction of sp³-hybridized carbons (Fsp3) is 0.556. The number of benzene rings is 1. The minimum absolute atomic E-state index is 0.0794. The topological polar surface area (TPSA) is 41.6 Å². The van der Waals surface area contributed by atoms with Gasteiger partial charge in [0.1, 0.15) is 0 Å². The number of carbonyl (C=O) groups excluding carboxylic acids is 1. The van der Waals surface area contributed by atoms with Gasteiger partial charge in [-0.1, -0.05) is 6.07 Å². The predicted octanol–water partition coefficient (Wildman–Crippen LogP) is 3.58. The van der Waals surface area contributed by atoms with Crippen molar-refractivity contribution in [3.8, 4) is 0 Å². The molecule has 5 heteroatoms. The highest BCUT2D eigenvalue weighted by Crippen LogP contribution is 2.23. The number of ether oxygens (including phenoxy) is 1. The molecule has 1 aromatic rings. The second-order valence-electron chi connectivity index (χ2n) is 6.22. The smallest absolute Gasteiger partial charge is 0.310 e. The molecule has 2 rings (SSSR count). The number of nitrogens with zero attached hydrogens (tertiary/aromatic N) is 1. The summed E-state index contributed by atoms with van der Waals surface area (Å²) < 4.78 is 5.15.